The first-order chi connectivity index (χ1) is 6.86. The summed E-state index contributed by atoms with van der Waals surface area (Å²) >= 11 is 0. The molecule has 1 saturated heterocycles. The number of piperidine rings is 1. The van der Waals surface area contributed by atoms with Gasteiger partial charge in [-0.1, -0.05) is 0 Å². The molecular weight excluding hydrogens is 176 g/mol. The van der Waals surface area contributed by atoms with E-state index in [9.17, 15) is 4.79 Å². The van der Waals surface area contributed by atoms with Crippen LogP contribution in [0.1, 0.15) is 38.5 Å². The maximum absolute atomic E-state index is 11.4. The average molecular weight is 196 g/mol. The lowest BCUT2D eigenvalue weighted by molar-refractivity contribution is -0.133. The predicted octanol–water partition coefficient (Wildman–Crippen LogP) is 1.14. The van der Waals surface area contributed by atoms with Gasteiger partial charge < -0.3 is 10.2 Å². The van der Waals surface area contributed by atoms with Gasteiger partial charge >= 0.3 is 0 Å². The van der Waals surface area contributed by atoms with Crippen LogP contribution in [-0.4, -0.2) is 36.5 Å². The van der Waals surface area contributed by atoms with Gasteiger partial charge in [-0.15, -0.1) is 0 Å². The Morgan fingerprint density at radius 1 is 1.36 bits per heavy atom. The Morgan fingerprint density at radius 2 is 2.21 bits per heavy atom. The van der Waals surface area contributed by atoms with E-state index in [1.54, 1.807) is 0 Å². The van der Waals surface area contributed by atoms with Crippen molar-refractivity contribution in [2.75, 3.05) is 19.6 Å². The Hall–Kier alpha value is -0.570. The summed E-state index contributed by atoms with van der Waals surface area (Å²) in [6.07, 6.45) is 6.88. The largest absolute Gasteiger partial charge is 0.343 e. The van der Waals surface area contributed by atoms with E-state index in [1.165, 1.54) is 19.3 Å². The van der Waals surface area contributed by atoms with Crippen LogP contribution in [0.25, 0.3) is 0 Å². The Labute approximate surface area is 85.8 Å². The fourth-order valence-corrected chi connectivity index (χ4v) is 1.96. The van der Waals surface area contributed by atoms with Gasteiger partial charge in [-0.05, 0) is 38.6 Å². The first kappa shape index (κ1) is 9.97. The highest BCUT2D eigenvalue weighted by Gasteiger charge is 2.20. The molecule has 3 heteroatoms. The lowest BCUT2D eigenvalue weighted by atomic mass is 10.1. The van der Waals surface area contributed by atoms with Crippen LogP contribution in [0.5, 0.6) is 0 Å². The van der Waals surface area contributed by atoms with Crippen LogP contribution in [0.15, 0.2) is 0 Å². The van der Waals surface area contributed by atoms with E-state index in [2.05, 4.69) is 5.32 Å². The van der Waals surface area contributed by atoms with Crippen LogP contribution >= 0.6 is 0 Å². The van der Waals surface area contributed by atoms with Crippen molar-refractivity contribution in [3.05, 3.63) is 0 Å². The molecule has 0 spiro atoms. The second-order valence-corrected chi connectivity index (χ2v) is 4.42. The van der Waals surface area contributed by atoms with Gasteiger partial charge in [0.05, 0.1) is 0 Å². The van der Waals surface area contributed by atoms with Gasteiger partial charge in [0.25, 0.3) is 0 Å². The SMILES string of the molecule is O=C1CCCCN1CCCNC1CC1. The third-order valence-electron chi connectivity index (χ3n) is 3.04. The van der Waals surface area contributed by atoms with Crippen LogP contribution in [0.4, 0.5) is 0 Å². The van der Waals surface area contributed by atoms with Crippen LogP contribution in [-0.2, 0) is 4.79 Å². The summed E-state index contributed by atoms with van der Waals surface area (Å²) in [5.74, 6) is 0.364. The van der Waals surface area contributed by atoms with Crippen molar-refractivity contribution in [1.82, 2.24) is 10.2 Å². The monoisotopic (exact) mass is 196 g/mol. The highest BCUT2D eigenvalue weighted by atomic mass is 16.2. The fraction of sp³-hybridized carbons (Fsp3) is 0.909. The Kier molecular flexibility index (Phi) is 3.40. The van der Waals surface area contributed by atoms with Crippen LogP contribution in [0.2, 0.25) is 0 Å². The van der Waals surface area contributed by atoms with E-state index >= 15 is 0 Å². The second kappa shape index (κ2) is 4.78. The molecule has 1 aliphatic heterocycles. The molecule has 3 nitrogen and oxygen atoms in total. The van der Waals surface area contributed by atoms with E-state index in [-0.39, 0.29) is 0 Å². The molecule has 2 rings (SSSR count). The molecule has 0 atom stereocenters. The topological polar surface area (TPSA) is 32.3 Å². The molecule has 0 aromatic rings. The lowest BCUT2D eigenvalue weighted by Crippen LogP contribution is -2.37. The standard InChI is InChI=1S/C11H20N2O/c14-11-4-1-2-8-13(11)9-3-7-12-10-5-6-10/h10,12H,1-9H2. The molecule has 1 amide bonds. The lowest BCUT2D eigenvalue weighted by Gasteiger charge is -2.26. The van der Waals surface area contributed by atoms with Crippen molar-refractivity contribution in [1.29, 1.82) is 0 Å². The minimum atomic E-state index is 0.364. The van der Waals surface area contributed by atoms with Crippen LogP contribution in [0.3, 0.4) is 0 Å². The van der Waals surface area contributed by atoms with Crippen molar-refractivity contribution < 1.29 is 4.79 Å². The van der Waals surface area contributed by atoms with Gasteiger partial charge in [0, 0.05) is 25.6 Å². The highest BCUT2D eigenvalue weighted by Crippen LogP contribution is 2.18. The van der Waals surface area contributed by atoms with E-state index in [0.29, 0.717) is 5.91 Å². The van der Waals surface area contributed by atoms with Gasteiger partial charge in [-0.25, -0.2) is 0 Å². The Bertz CT molecular complexity index is 201. The first-order valence-electron chi connectivity index (χ1n) is 5.87. The molecule has 0 aromatic carbocycles. The summed E-state index contributed by atoms with van der Waals surface area (Å²) in [6, 6.07) is 0.798. The second-order valence-electron chi connectivity index (χ2n) is 4.42. The van der Waals surface area contributed by atoms with Gasteiger partial charge in [0.2, 0.25) is 5.91 Å². The third kappa shape index (κ3) is 2.98. The van der Waals surface area contributed by atoms with Gasteiger partial charge in [-0.2, -0.15) is 0 Å². The quantitative estimate of drug-likeness (QED) is 0.669. The molecule has 14 heavy (non-hydrogen) atoms. The summed E-state index contributed by atoms with van der Waals surface area (Å²) in [4.78, 5) is 13.5. The number of hydrogen-bond acceptors (Lipinski definition) is 2. The maximum atomic E-state index is 11.4. The molecule has 0 unspecified atom stereocenters. The van der Waals surface area contributed by atoms with Crippen LogP contribution < -0.4 is 5.32 Å². The molecule has 1 heterocycles. The third-order valence-corrected chi connectivity index (χ3v) is 3.04. The number of hydrogen-bond donors (Lipinski definition) is 1. The smallest absolute Gasteiger partial charge is 0.222 e. The number of likely N-dealkylation sites (tertiary alicyclic amines) is 1. The molecule has 1 saturated carbocycles. The number of amides is 1. The summed E-state index contributed by atoms with van der Waals surface area (Å²) in [6.45, 7) is 3.02. The number of carbonyl (C=O) groups excluding carboxylic acids is 1. The van der Waals surface area contributed by atoms with E-state index in [4.69, 9.17) is 0 Å². The van der Waals surface area contributed by atoms with Crippen molar-refractivity contribution in [3.63, 3.8) is 0 Å². The molecule has 1 N–H and O–H groups in total. The summed E-state index contributed by atoms with van der Waals surface area (Å²) in [7, 11) is 0. The van der Waals surface area contributed by atoms with Crippen molar-refractivity contribution >= 4 is 5.91 Å². The molecule has 2 aliphatic rings. The van der Waals surface area contributed by atoms with Gasteiger partial charge in [0.1, 0.15) is 0 Å². The fourth-order valence-electron chi connectivity index (χ4n) is 1.96. The number of carbonyl (C=O) groups is 1. The summed E-state index contributed by atoms with van der Waals surface area (Å²) < 4.78 is 0. The predicted molar refractivity (Wildman–Crippen MR) is 56.1 cm³/mol. The van der Waals surface area contributed by atoms with Crippen LogP contribution in [0, 0.1) is 0 Å². The highest BCUT2D eigenvalue weighted by molar-refractivity contribution is 5.76. The van der Waals surface area contributed by atoms with Crippen molar-refractivity contribution in [2.45, 2.75) is 44.6 Å². The van der Waals surface area contributed by atoms with Gasteiger partial charge in [-0.3, -0.25) is 4.79 Å². The van der Waals surface area contributed by atoms with Gasteiger partial charge in [0.15, 0.2) is 0 Å². The molecule has 0 aromatic heterocycles. The number of nitrogens with zero attached hydrogens (tertiary/aromatic N) is 1. The zero-order valence-electron chi connectivity index (χ0n) is 8.80. The van der Waals surface area contributed by atoms with E-state index in [0.717, 1.165) is 44.9 Å². The molecule has 0 radical (unpaired) electrons. The summed E-state index contributed by atoms with van der Waals surface area (Å²) in [5.41, 5.74) is 0. The minimum Gasteiger partial charge on any atom is -0.343 e. The van der Waals surface area contributed by atoms with Crippen molar-refractivity contribution in [2.24, 2.45) is 0 Å². The van der Waals surface area contributed by atoms with E-state index < -0.39 is 0 Å². The molecule has 2 fully saturated rings. The molecular formula is C11H20N2O. The summed E-state index contributed by atoms with van der Waals surface area (Å²) in [5, 5.41) is 3.47. The normalized spacial score (nSPS) is 22.9. The first-order valence-corrected chi connectivity index (χ1v) is 5.87. The van der Waals surface area contributed by atoms with E-state index in [1.807, 2.05) is 4.90 Å². The zero-order chi connectivity index (χ0) is 9.80. The number of rotatable bonds is 5. The van der Waals surface area contributed by atoms with Crippen molar-refractivity contribution in [3.8, 4) is 0 Å². The molecule has 80 valence electrons. The average Bonchev–Trinajstić information content (AvgIpc) is 2.99. The maximum Gasteiger partial charge on any atom is 0.222 e. The number of nitrogens with one attached hydrogen (secondary N) is 1. The molecule has 1 aliphatic carbocycles. The minimum absolute atomic E-state index is 0.364. The zero-order valence-corrected chi connectivity index (χ0v) is 8.80. The Morgan fingerprint density at radius 3 is 2.93 bits per heavy atom. The Balaban J connectivity index is 1.56. The molecule has 0 bridgehead atoms.